The minimum Gasteiger partial charge on any atom is -0.393 e. The average Bonchev–Trinajstić information content (AvgIpc) is 2.74. The van der Waals surface area contributed by atoms with Gasteiger partial charge in [-0.2, -0.15) is 4.98 Å². The number of aromatic nitrogens is 2. The number of nitrogens with two attached hydrogens (primary N) is 1. The molecule has 0 unspecified atom stereocenters. The maximum Gasteiger partial charge on any atom is 0.351 e. The average molecular weight is 241 g/mol. The van der Waals surface area contributed by atoms with Gasteiger partial charge in [-0.05, 0) is 6.07 Å². The summed E-state index contributed by atoms with van der Waals surface area (Å²) in [5.41, 5.74) is 4.18. The van der Waals surface area contributed by atoms with Crippen LogP contribution in [0.5, 0.6) is 0 Å². The lowest BCUT2D eigenvalue weighted by molar-refractivity contribution is -0.0557. The van der Waals surface area contributed by atoms with E-state index in [1.165, 1.54) is 23.9 Å². The Morgan fingerprint density at radius 1 is 1.82 bits per heavy atom. The molecule has 0 amide bonds. The molecule has 1 aliphatic heterocycles. The van der Waals surface area contributed by atoms with Crippen molar-refractivity contribution in [1.29, 1.82) is 0 Å². The van der Waals surface area contributed by atoms with Crippen molar-refractivity contribution in [2.24, 2.45) is 0 Å². The van der Waals surface area contributed by atoms with E-state index in [1.54, 1.807) is 0 Å². The van der Waals surface area contributed by atoms with Gasteiger partial charge >= 0.3 is 5.69 Å². The zero-order valence-electron chi connectivity index (χ0n) is 9.50. The lowest BCUT2D eigenvalue weighted by atomic mass is 10.0. The van der Waals surface area contributed by atoms with Gasteiger partial charge in [0, 0.05) is 19.7 Å². The molecule has 94 valence electrons. The lowest BCUT2D eigenvalue weighted by Gasteiger charge is -2.22. The molecule has 0 saturated carbocycles. The second-order valence-electron chi connectivity index (χ2n) is 4.06. The summed E-state index contributed by atoms with van der Waals surface area (Å²) in [6.07, 6.45) is 1.44. The van der Waals surface area contributed by atoms with Gasteiger partial charge in [0.15, 0.2) is 0 Å². The second-order valence-corrected chi connectivity index (χ2v) is 4.06. The number of rotatable bonds is 3. The monoisotopic (exact) mass is 241 g/mol. The van der Waals surface area contributed by atoms with E-state index in [9.17, 15) is 9.90 Å². The van der Waals surface area contributed by atoms with Crippen LogP contribution in [0.15, 0.2) is 17.1 Å². The summed E-state index contributed by atoms with van der Waals surface area (Å²) >= 11 is 0. The molecule has 1 saturated heterocycles. The summed E-state index contributed by atoms with van der Waals surface area (Å²) in [6.45, 7) is 0.0820. The normalized spacial score (nSPS) is 28.5. The molecule has 17 heavy (non-hydrogen) atoms. The van der Waals surface area contributed by atoms with Crippen LogP contribution in [0.25, 0.3) is 0 Å². The number of methoxy groups -OCH3 is 1. The topological polar surface area (TPSA) is 99.6 Å². The summed E-state index contributed by atoms with van der Waals surface area (Å²) in [5.74, 6) is 0.171. The Labute approximate surface area is 97.8 Å². The summed E-state index contributed by atoms with van der Waals surface area (Å²) in [4.78, 5) is 15.2. The van der Waals surface area contributed by atoms with Crippen LogP contribution in [0, 0.1) is 0 Å². The van der Waals surface area contributed by atoms with Crippen LogP contribution in [0.2, 0.25) is 0 Å². The first-order chi connectivity index (χ1) is 8.10. The Morgan fingerprint density at radius 3 is 3.12 bits per heavy atom. The van der Waals surface area contributed by atoms with Gasteiger partial charge in [0.2, 0.25) is 0 Å². The zero-order chi connectivity index (χ0) is 12.5. The van der Waals surface area contributed by atoms with Gasteiger partial charge < -0.3 is 20.3 Å². The Hall–Kier alpha value is -1.44. The van der Waals surface area contributed by atoms with Crippen molar-refractivity contribution in [3.05, 3.63) is 22.7 Å². The van der Waals surface area contributed by atoms with Crippen LogP contribution in [0.4, 0.5) is 5.82 Å². The van der Waals surface area contributed by atoms with Crippen molar-refractivity contribution in [3.8, 4) is 0 Å². The van der Waals surface area contributed by atoms with Gasteiger partial charge in [-0.25, -0.2) is 4.79 Å². The van der Waals surface area contributed by atoms with Crippen LogP contribution >= 0.6 is 0 Å². The molecule has 7 nitrogen and oxygen atoms in total. The molecule has 0 aliphatic carbocycles. The Morgan fingerprint density at radius 2 is 2.59 bits per heavy atom. The van der Waals surface area contributed by atoms with Crippen LogP contribution in [0.1, 0.15) is 12.6 Å². The zero-order valence-corrected chi connectivity index (χ0v) is 9.50. The fourth-order valence-electron chi connectivity index (χ4n) is 1.82. The Bertz CT molecular complexity index is 455. The molecule has 2 rings (SSSR count). The van der Waals surface area contributed by atoms with E-state index in [-0.39, 0.29) is 19.0 Å². The molecule has 2 atom stereocenters. The highest BCUT2D eigenvalue weighted by atomic mass is 16.6. The number of hydrogen-bond donors (Lipinski definition) is 2. The van der Waals surface area contributed by atoms with E-state index >= 15 is 0 Å². The van der Waals surface area contributed by atoms with Crippen LogP contribution in [-0.4, -0.2) is 40.6 Å². The maximum atomic E-state index is 11.6. The molecule has 2 heterocycles. The summed E-state index contributed by atoms with van der Waals surface area (Å²) < 4.78 is 12.0. The van der Waals surface area contributed by atoms with Crippen LogP contribution in [-0.2, 0) is 9.47 Å². The third kappa shape index (κ3) is 2.17. The molecule has 7 heteroatoms. The molecule has 0 bridgehead atoms. The first kappa shape index (κ1) is 12.0. The van der Waals surface area contributed by atoms with E-state index in [2.05, 4.69) is 4.98 Å². The van der Waals surface area contributed by atoms with E-state index in [0.717, 1.165) is 0 Å². The Kier molecular flexibility index (Phi) is 3.14. The molecule has 3 N–H and O–H groups in total. The third-order valence-corrected chi connectivity index (χ3v) is 2.97. The SMILES string of the molecule is CO[C@]1(CO)CO[C@H](n2ccc(N)nc2=O)C1. The van der Waals surface area contributed by atoms with Crippen molar-refractivity contribution < 1.29 is 14.6 Å². The van der Waals surface area contributed by atoms with E-state index < -0.39 is 17.5 Å². The van der Waals surface area contributed by atoms with Crippen molar-refractivity contribution >= 4 is 5.82 Å². The highest BCUT2D eigenvalue weighted by Gasteiger charge is 2.41. The molecule has 0 radical (unpaired) electrons. The molecule has 1 aliphatic rings. The molecule has 1 fully saturated rings. The predicted octanol–water partition coefficient (Wildman–Crippen LogP) is -0.878. The van der Waals surface area contributed by atoms with E-state index in [1.807, 2.05) is 0 Å². The minimum absolute atomic E-state index is 0.156. The number of hydrogen-bond acceptors (Lipinski definition) is 6. The van der Waals surface area contributed by atoms with Gasteiger partial charge in [0.05, 0.1) is 13.2 Å². The first-order valence-electron chi connectivity index (χ1n) is 5.22. The number of aliphatic hydroxyl groups excluding tert-OH is 1. The van der Waals surface area contributed by atoms with Crippen molar-refractivity contribution in [3.63, 3.8) is 0 Å². The third-order valence-electron chi connectivity index (χ3n) is 2.97. The van der Waals surface area contributed by atoms with Gasteiger partial charge in [-0.3, -0.25) is 4.57 Å². The first-order valence-corrected chi connectivity index (χ1v) is 5.22. The highest BCUT2D eigenvalue weighted by molar-refractivity contribution is 5.23. The molecular formula is C10H15N3O4. The Balaban J connectivity index is 2.23. The van der Waals surface area contributed by atoms with Gasteiger partial charge in [0.25, 0.3) is 0 Å². The molecular weight excluding hydrogens is 226 g/mol. The lowest BCUT2D eigenvalue weighted by Crippen LogP contribution is -2.36. The van der Waals surface area contributed by atoms with Gasteiger partial charge in [-0.15, -0.1) is 0 Å². The van der Waals surface area contributed by atoms with E-state index in [4.69, 9.17) is 15.2 Å². The highest BCUT2D eigenvalue weighted by Crippen LogP contribution is 2.32. The van der Waals surface area contributed by atoms with E-state index in [0.29, 0.717) is 6.42 Å². The molecule has 0 spiro atoms. The number of aliphatic hydroxyl groups is 1. The van der Waals surface area contributed by atoms with Gasteiger partial charge in [-0.1, -0.05) is 0 Å². The number of anilines is 1. The summed E-state index contributed by atoms with van der Waals surface area (Å²) in [5, 5.41) is 9.27. The number of nitrogens with zero attached hydrogens (tertiary/aromatic N) is 2. The summed E-state index contributed by atoms with van der Waals surface area (Å²) in [6, 6.07) is 1.52. The van der Waals surface area contributed by atoms with Gasteiger partial charge in [0.1, 0.15) is 17.6 Å². The molecule has 1 aromatic rings. The largest absolute Gasteiger partial charge is 0.393 e. The molecule has 1 aromatic heterocycles. The standard InChI is InChI=1S/C10H15N3O4/c1-16-10(5-14)4-8(17-6-10)13-3-2-7(11)12-9(13)15/h2-3,8,14H,4-6H2,1H3,(H2,11,12,15)/t8-,10+/m0/s1. The van der Waals surface area contributed by atoms with Crippen molar-refractivity contribution in [2.45, 2.75) is 18.2 Å². The van der Waals surface area contributed by atoms with Crippen molar-refractivity contribution in [1.82, 2.24) is 9.55 Å². The smallest absolute Gasteiger partial charge is 0.351 e. The summed E-state index contributed by atoms with van der Waals surface area (Å²) in [7, 11) is 1.51. The second kappa shape index (κ2) is 4.44. The predicted molar refractivity (Wildman–Crippen MR) is 59.3 cm³/mol. The fourth-order valence-corrected chi connectivity index (χ4v) is 1.82. The minimum atomic E-state index is -0.745. The van der Waals surface area contributed by atoms with Crippen molar-refractivity contribution in [2.75, 3.05) is 26.1 Å². The van der Waals surface area contributed by atoms with Crippen LogP contribution < -0.4 is 11.4 Å². The van der Waals surface area contributed by atoms with Crippen LogP contribution in [0.3, 0.4) is 0 Å². The quantitative estimate of drug-likeness (QED) is 0.713. The molecule has 0 aromatic carbocycles. The number of ether oxygens (including phenoxy) is 2. The maximum absolute atomic E-state index is 11.6. The number of nitrogen functional groups attached to an aromatic ring is 1. The fraction of sp³-hybridized carbons (Fsp3) is 0.600.